The van der Waals surface area contributed by atoms with Crippen molar-refractivity contribution < 1.29 is 28.4 Å². The third-order valence-electron chi connectivity index (χ3n) is 8.00. The molecule has 2 atom stereocenters. The highest BCUT2D eigenvalue weighted by Gasteiger charge is 2.41. The molecule has 3 aliphatic heterocycles. The minimum atomic E-state index is -0.586. The minimum absolute atomic E-state index is 0.195. The first-order valence-electron chi connectivity index (χ1n) is 14.4. The summed E-state index contributed by atoms with van der Waals surface area (Å²) in [5.41, 5.74) is 0.830. The van der Waals surface area contributed by atoms with Crippen molar-refractivity contribution in [2.75, 3.05) is 55.6 Å². The van der Waals surface area contributed by atoms with Gasteiger partial charge in [0, 0.05) is 62.0 Å². The van der Waals surface area contributed by atoms with Crippen LogP contribution in [-0.4, -0.2) is 93.9 Å². The Labute approximate surface area is 252 Å². The van der Waals surface area contributed by atoms with Gasteiger partial charge in [0.15, 0.2) is 0 Å². The number of rotatable bonds is 8. The number of amides is 2. The second-order valence-electron chi connectivity index (χ2n) is 11.6. The first-order valence-corrected chi connectivity index (χ1v) is 14.4. The van der Waals surface area contributed by atoms with E-state index < -0.39 is 28.5 Å². The summed E-state index contributed by atoms with van der Waals surface area (Å²) in [4.78, 5) is 48.4. The van der Waals surface area contributed by atoms with E-state index in [1.54, 1.807) is 22.9 Å². The van der Waals surface area contributed by atoms with Crippen molar-refractivity contribution in [2.24, 2.45) is 0 Å². The lowest BCUT2D eigenvalue weighted by Gasteiger charge is -2.30. The molecular formula is C29H33FN8O6. The quantitative estimate of drug-likeness (QED) is 0.299. The van der Waals surface area contributed by atoms with Gasteiger partial charge in [-0.2, -0.15) is 0 Å². The van der Waals surface area contributed by atoms with Crippen LogP contribution in [-0.2, 0) is 16.1 Å². The van der Waals surface area contributed by atoms with Crippen molar-refractivity contribution in [1.82, 2.24) is 24.8 Å². The van der Waals surface area contributed by atoms with E-state index >= 15 is 4.39 Å². The van der Waals surface area contributed by atoms with Crippen LogP contribution in [0.25, 0.3) is 11.1 Å². The zero-order chi connectivity index (χ0) is 31.0. The number of cyclic esters (lactones) is 1. The molecule has 14 nitrogen and oxygen atoms in total. The second kappa shape index (κ2) is 11.7. The van der Waals surface area contributed by atoms with E-state index in [9.17, 15) is 19.7 Å². The minimum Gasteiger partial charge on any atom is -0.442 e. The average Bonchev–Trinajstić information content (AvgIpc) is 3.57. The number of imidazole rings is 1. The van der Waals surface area contributed by atoms with Gasteiger partial charge in [-0.3, -0.25) is 19.2 Å². The van der Waals surface area contributed by atoms with Gasteiger partial charge in [-0.05, 0) is 48.6 Å². The lowest BCUT2D eigenvalue weighted by molar-refractivity contribution is -0.389. The Morgan fingerprint density at radius 3 is 2.77 bits per heavy atom. The number of carbonyl (C=O) groups excluding carboxylic acids is 2. The van der Waals surface area contributed by atoms with E-state index in [1.165, 1.54) is 24.1 Å². The number of nitro groups is 1. The fourth-order valence-electron chi connectivity index (χ4n) is 5.93. The number of fused-ring (bicyclic) bond motifs is 1. The third-order valence-corrected chi connectivity index (χ3v) is 8.00. The van der Waals surface area contributed by atoms with E-state index in [0.29, 0.717) is 29.9 Å². The molecule has 3 aliphatic rings. The summed E-state index contributed by atoms with van der Waals surface area (Å²) < 4.78 is 28.2. The molecule has 0 bridgehead atoms. The fourth-order valence-corrected chi connectivity index (χ4v) is 5.93. The van der Waals surface area contributed by atoms with E-state index in [0.717, 1.165) is 38.4 Å². The van der Waals surface area contributed by atoms with Gasteiger partial charge in [-0.25, -0.2) is 14.2 Å². The van der Waals surface area contributed by atoms with E-state index in [1.807, 2.05) is 19.1 Å². The number of halogens is 1. The van der Waals surface area contributed by atoms with Crippen molar-refractivity contribution in [3.63, 3.8) is 0 Å². The molecule has 0 radical (unpaired) electrons. The van der Waals surface area contributed by atoms with Crippen molar-refractivity contribution >= 4 is 29.3 Å². The number of anilines is 2. The number of nitrogens with zero attached hydrogens (tertiary/aromatic N) is 7. The van der Waals surface area contributed by atoms with Gasteiger partial charge in [-0.15, -0.1) is 0 Å². The second-order valence-corrected chi connectivity index (χ2v) is 11.6. The number of hydrogen-bond donors (Lipinski definition) is 1. The van der Waals surface area contributed by atoms with Gasteiger partial charge in [0.1, 0.15) is 29.5 Å². The molecule has 5 heterocycles. The lowest BCUT2D eigenvalue weighted by Crippen LogP contribution is -2.46. The van der Waals surface area contributed by atoms with Gasteiger partial charge in [0.2, 0.25) is 5.91 Å². The van der Waals surface area contributed by atoms with Crippen LogP contribution in [0.5, 0.6) is 6.01 Å². The average molecular weight is 609 g/mol. The molecule has 15 heteroatoms. The van der Waals surface area contributed by atoms with Crippen LogP contribution < -0.4 is 19.9 Å². The monoisotopic (exact) mass is 608 g/mol. The summed E-state index contributed by atoms with van der Waals surface area (Å²) in [5.74, 6) is -0.120. The Balaban J connectivity index is 1.05. The Kier molecular flexibility index (Phi) is 7.80. The number of nitrogens with one attached hydrogen (secondary N) is 1. The molecule has 1 unspecified atom stereocenters. The standard InChI is InChI=1S/C29H33FN8O6/c1-19(39)31-14-22-15-37(28(40)43-22)21-5-6-23(24(30)12-21)20-4-7-25(32-13-20)35-9-3-8-34(10-11-35)17-29(2)18-36-16-26(38(41)42)33-27(36)44-29/h4-7,12-13,16,22H,3,8-11,14-15,17-18H2,1-2H3,(H,31,39)/t22-,29?/m0/s1. The van der Waals surface area contributed by atoms with E-state index in [-0.39, 0.29) is 30.8 Å². The maximum atomic E-state index is 15.2. The number of hydrogen-bond acceptors (Lipinski definition) is 10. The molecule has 44 heavy (non-hydrogen) atoms. The topological polar surface area (TPSA) is 148 Å². The largest absolute Gasteiger partial charge is 0.442 e. The molecule has 2 saturated heterocycles. The van der Waals surface area contributed by atoms with Crippen molar-refractivity contribution in [3.05, 3.63) is 58.7 Å². The SMILES string of the molecule is CC(=O)NC[C@H]1CN(c2ccc(-c3ccc(N4CCCN(CC5(C)Cn6cc([N+](=O)[O-])nc6O5)CC4)nc3)c(F)c2)C(=O)O1. The molecule has 2 aromatic heterocycles. The van der Waals surface area contributed by atoms with Crippen LogP contribution in [0.3, 0.4) is 0 Å². The summed E-state index contributed by atoms with van der Waals surface area (Å²) in [6, 6.07) is 8.59. The summed E-state index contributed by atoms with van der Waals surface area (Å²) in [5, 5.41) is 13.6. The Hall–Kier alpha value is -4.79. The smallest absolute Gasteiger partial charge is 0.415 e. The highest BCUT2D eigenvalue weighted by Crippen LogP contribution is 2.32. The van der Waals surface area contributed by atoms with Gasteiger partial charge in [0.05, 0.1) is 25.3 Å². The molecule has 1 aromatic carbocycles. The van der Waals surface area contributed by atoms with Crippen LogP contribution in [0.4, 0.5) is 26.5 Å². The molecule has 6 rings (SSSR count). The van der Waals surface area contributed by atoms with E-state index in [2.05, 4.69) is 25.1 Å². The predicted octanol–water partition coefficient (Wildman–Crippen LogP) is 2.82. The molecule has 2 fully saturated rings. The zero-order valence-electron chi connectivity index (χ0n) is 24.4. The zero-order valence-corrected chi connectivity index (χ0v) is 24.4. The maximum Gasteiger partial charge on any atom is 0.415 e. The first kappa shape index (κ1) is 29.3. The molecule has 0 saturated carbocycles. The number of benzene rings is 1. The molecule has 3 aromatic rings. The van der Waals surface area contributed by atoms with E-state index in [4.69, 9.17) is 9.47 Å². The van der Waals surface area contributed by atoms with Gasteiger partial charge in [-0.1, -0.05) is 0 Å². The molecular weight excluding hydrogens is 575 g/mol. The third kappa shape index (κ3) is 6.13. The highest BCUT2D eigenvalue weighted by molar-refractivity contribution is 5.90. The molecule has 0 spiro atoms. The number of pyridine rings is 1. The number of aromatic nitrogens is 3. The summed E-state index contributed by atoms with van der Waals surface area (Å²) in [6.45, 7) is 8.14. The highest BCUT2D eigenvalue weighted by atomic mass is 19.1. The predicted molar refractivity (Wildman–Crippen MR) is 157 cm³/mol. The van der Waals surface area contributed by atoms with Crippen LogP contribution in [0.1, 0.15) is 20.3 Å². The van der Waals surface area contributed by atoms with Crippen LogP contribution in [0.2, 0.25) is 0 Å². The van der Waals surface area contributed by atoms with Crippen molar-refractivity contribution in [2.45, 2.75) is 38.5 Å². The summed E-state index contributed by atoms with van der Waals surface area (Å²) in [7, 11) is 0. The number of ether oxygens (including phenoxy) is 2. The maximum absolute atomic E-state index is 15.2. The Morgan fingerprint density at radius 2 is 2.07 bits per heavy atom. The molecule has 232 valence electrons. The normalized spacial score (nSPS) is 21.9. The summed E-state index contributed by atoms with van der Waals surface area (Å²) in [6.07, 6.45) is 2.88. The summed E-state index contributed by atoms with van der Waals surface area (Å²) >= 11 is 0. The lowest BCUT2D eigenvalue weighted by atomic mass is 10.1. The van der Waals surface area contributed by atoms with Gasteiger partial charge < -0.3 is 29.8 Å². The van der Waals surface area contributed by atoms with Crippen LogP contribution in [0.15, 0.2) is 42.7 Å². The number of carbonyl (C=O) groups is 2. The molecule has 2 amide bonds. The van der Waals surface area contributed by atoms with Gasteiger partial charge in [0.25, 0.3) is 0 Å². The Bertz CT molecular complexity index is 1560. The van der Waals surface area contributed by atoms with Crippen molar-refractivity contribution in [3.8, 4) is 17.1 Å². The van der Waals surface area contributed by atoms with Crippen molar-refractivity contribution in [1.29, 1.82) is 0 Å². The van der Waals surface area contributed by atoms with Crippen LogP contribution >= 0.6 is 0 Å². The van der Waals surface area contributed by atoms with Crippen LogP contribution in [0, 0.1) is 15.9 Å². The fraction of sp³-hybridized carbons (Fsp3) is 0.448. The molecule has 1 N–H and O–H groups in total. The van der Waals surface area contributed by atoms with Gasteiger partial charge >= 0.3 is 17.9 Å². The molecule has 0 aliphatic carbocycles. The first-order chi connectivity index (χ1) is 21.1. The Morgan fingerprint density at radius 1 is 1.23 bits per heavy atom.